The SMILES string of the molecule is CCn1nc(C)c(CNC(=O)c2ccc(C(N)=O)[nH]2)c1C. The highest BCUT2D eigenvalue weighted by Gasteiger charge is 2.14. The molecular formula is C14H19N5O2. The number of aromatic nitrogens is 3. The molecule has 0 unspecified atom stereocenters. The average molecular weight is 289 g/mol. The highest BCUT2D eigenvalue weighted by Crippen LogP contribution is 2.13. The smallest absolute Gasteiger partial charge is 0.267 e. The van der Waals surface area contributed by atoms with Gasteiger partial charge in [-0.05, 0) is 32.9 Å². The monoisotopic (exact) mass is 289 g/mol. The van der Waals surface area contributed by atoms with E-state index in [1.54, 1.807) is 0 Å². The first-order valence-electron chi connectivity index (χ1n) is 6.74. The fourth-order valence-electron chi connectivity index (χ4n) is 2.23. The van der Waals surface area contributed by atoms with Crippen molar-refractivity contribution in [3.05, 3.63) is 40.5 Å². The van der Waals surface area contributed by atoms with Crippen molar-refractivity contribution in [3.63, 3.8) is 0 Å². The molecule has 2 heterocycles. The van der Waals surface area contributed by atoms with Crippen LogP contribution in [0.25, 0.3) is 0 Å². The molecule has 0 aliphatic heterocycles. The van der Waals surface area contributed by atoms with Crippen LogP contribution in [0.5, 0.6) is 0 Å². The van der Waals surface area contributed by atoms with Crippen molar-refractivity contribution >= 4 is 11.8 Å². The summed E-state index contributed by atoms with van der Waals surface area (Å²) in [6.07, 6.45) is 0. The van der Waals surface area contributed by atoms with E-state index in [9.17, 15) is 9.59 Å². The topological polar surface area (TPSA) is 106 Å². The van der Waals surface area contributed by atoms with E-state index in [0.717, 1.165) is 23.5 Å². The largest absolute Gasteiger partial charge is 0.364 e. The van der Waals surface area contributed by atoms with E-state index in [2.05, 4.69) is 15.4 Å². The number of amides is 2. The molecule has 0 bridgehead atoms. The third-order valence-electron chi connectivity index (χ3n) is 3.45. The van der Waals surface area contributed by atoms with Gasteiger partial charge in [-0.2, -0.15) is 5.10 Å². The maximum absolute atomic E-state index is 12.0. The van der Waals surface area contributed by atoms with Gasteiger partial charge in [0.15, 0.2) is 0 Å². The Labute approximate surface area is 122 Å². The van der Waals surface area contributed by atoms with Crippen molar-refractivity contribution in [2.45, 2.75) is 33.9 Å². The molecule has 0 aliphatic rings. The van der Waals surface area contributed by atoms with Gasteiger partial charge in [0.05, 0.1) is 5.69 Å². The van der Waals surface area contributed by atoms with Gasteiger partial charge in [0.1, 0.15) is 11.4 Å². The maximum atomic E-state index is 12.0. The van der Waals surface area contributed by atoms with Gasteiger partial charge in [0, 0.05) is 24.3 Å². The van der Waals surface area contributed by atoms with E-state index in [0.29, 0.717) is 12.2 Å². The number of primary amides is 1. The molecule has 2 aromatic heterocycles. The molecule has 0 aromatic carbocycles. The first-order chi connectivity index (χ1) is 9.93. The van der Waals surface area contributed by atoms with Gasteiger partial charge in [-0.15, -0.1) is 0 Å². The summed E-state index contributed by atoms with van der Waals surface area (Å²) in [4.78, 5) is 25.7. The number of carbonyl (C=O) groups excluding carboxylic acids is 2. The Kier molecular flexibility index (Phi) is 4.11. The van der Waals surface area contributed by atoms with E-state index >= 15 is 0 Å². The zero-order chi connectivity index (χ0) is 15.6. The van der Waals surface area contributed by atoms with Gasteiger partial charge in [0.25, 0.3) is 11.8 Å². The Morgan fingerprint density at radius 2 is 2.00 bits per heavy atom. The molecule has 112 valence electrons. The highest BCUT2D eigenvalue weighted by atomic mass is 16.2. The summed E-state index contributed by atoms with van der Waals surface area (Å²) in [7, 11) is 0. The summed E-state index contributed by atoms with van der Waals surface area (Å²) in [5.41, 5.74) is 8.61. The minimum absolute atomic E-state index is 0.214. The third-order valence-corrected chi connectivity index (χ3v) is 3.45. The summed E-state index contributed by atoms with van der Waals surface area (Å²) in [6, 6.07) is 3.02. The van der Waals surface area contributed by atoms with Crippen molar-refractivity contribution in [1.82, 2.24) is 20.1 Å². The average Bonchev–Trinajstić information content (AvgIpc) is 3.03. The lowest BCUT2D eigenvalue weighted by Gasteiger charge is -2.05. The van der Waals surface area contributed by atoms with Crippen LogP contribution in [0.3, 0.4) is 0 Å². The first kappa shape index (κ1) is 14.8. The van der Waals surface area contributed by atoms with Gasteiger partial charge < -0.3 is 16.0 Å². The number of hydrogen-bond donors (Lipinski definition) is 3. The van der Waals surface area contributed by atoms with E-state index in [1.165, 1.54) is 12.1 Å². The van der Waals surface area contributed by atoms with Crippen LogP contribution in [-0.4, -0.2) is 26.6 Å². The normalized spacial score (nSPS) is 10.6. The van der Waals surface area contributed by atoms with Crippen LogP contribution in [-0.2, 0) is 13.1 Å². The third kappa shape index (κ3) is 2.96. The van der Waals surface area contributed by atoms with Crippen LogP contribution < -0.4 is 11.1 Å². The summed E-state index contributed by atoms with van der Waals surface area (Å²) in [5.74, 6) is -0.879. The second kappa shape index (κ2) is 5.82. The predicted octanol–water partition coefficient (Wildman–Crippen LogP) is 0.877. The van der Waals surface area contributed by atoms with Crippen LogP contribution in [0.4, 0.5) is 0 Å². The molecule has 2 rings (SSSR count). The molecule has 7 heteroatoms. The zero-order valence-electron chi connectivity index (χ0n) is 12.4. The van der Waals surface area contributed by atoms with Crippen LogP contribution >= 0.6 is 0 Å². The predicted molar refractivity (Wildman–Crippen MR) is 77.9 cm³/mol. The highest BCUT2D eigenvalue weighted by molar-refractivity contribution is 5.96. The molecule has 21 heavy (non-hydrogen) atoms. The first-order valence-corrected chi connectivity index (χ1v) is 6.74. The Balaban J connectivity index is 2.07. The molecule has 0 saturated carbocycles. The Morgan fingerprint density at radius 3 is 2.52 bits per heavy atom. The maximum Gasteiger partial charge on any atom is 0.267 e. The summed E-state index contributed by atoms with van der Waals surface area (Å²) >= 11 is 0. The molecule has 0 saturated heterocycles. The lowest BCUT2D eigenvalue weighted by molar-refractivity contribution is 0.0946. The molecule has 7 nitrogen and oxygen atoms in total. The van der Waals surface area contributed by atoms with Crippen molar-refractivity contribution < 1.29 is 9.59 Å². The number of aromatic amines is 1. The molecule has 0 fully saturated rings. The standard InChI is InChI=1S/C14H19N5O2/c1-4-19-9(3)10(8(2)18-19)7-16-14(21)12-6-5-11(17-12)13(15)20/h5-6,17H,4,7H2,1-3H3,(H2,15,20)(H,16,21). The summed E-state index contributed by atoms with van der Waals surface area (Å²) < 4.78 is 1.90. The zero-order valence-corrected chi connectivity index (χ0v) is 12.4. The molecule has 2 aromatic rings. The molecule has 0 radical (unpaired) electrons. The van der Waals surface area contributed by atoms with Crippen LogP contribution in [0.15, 0.2) is 12.1 Å². The van der Waals surface area contributed by atoms with Gasteiger partial charge in [0.2, 0.25) is 0 Å². The van der Waals surface area contributed by atoms with Gasteiger partial charge in [-0.1, -0.05) is 0 Å². The van der Waals surface area contributed by atoms with Crippen molar-refractivity contribution in [1.29, 1.82) is 0 Å². The van der Waals surface area contributed by atoms with Gasteiger partial charge >= 0.3 is 0 Å². The van der Waals surface area contributed by atoms with E-state index < -0.39 is 5.91 Å². The fourth-order valence-corrected chi connectivity index (χ4v) is 2.23. The number of aryl methyl sites for hydroxylation is 2. The molecule has 0 atom stereocenters. The van der Waals surface area contributed by atoms with Crippen LogP contribution in [0.2, 0.25) is 0 Å². The van der Waals surface area contributed by atoms with E-state index in [1.807, 2.05) is 25.5 Å². The van der Waals surface area contributed by atoms with Gasteiger partial charge in [-0.3, -0.25) is 14.3 Å². The van der Waals surface area contributed by atoms with Crippen molar-refractivity contribution in [2.75, 3.05) is 0 Å². The number of nitrogens with zero attached hydrogens (tertiary/aromatic N) is 2. The summed E-state index contributed by atoms with van der Waals surface area (Å²) in [5, 5.41) is 7.21. The molecule has 2 amide bonds. The number of H-pyrrole nitrogens is 1. The van der Waals surface area contributed by atoms with E-state index in [4.69, 9.17) is 5.73 Å². The quantitative estimate of drug-likeness (QED) is 0.760. The van der Waals surface area contributed by atoms with Crippen molar-refractivity contribution in [2.24, 2.45) is 5.73 Å². The summed E-state index contributed by atoms with van der Waals surface area (Å²) in [6.45, 7) is 7.10. The fraction of sp³-hybridized carbons (Fsp3) is 0.357. The Bertz CT molecular complexity index is 684. The minimum atomic E-state index is -0.593. The lowest BCUT2D eigenvalue weighted by Crippen LogP contribution is -2.24. The Morgan fingerprint density at radius 1 is 1.33 bits per heavy atom. The molecule has 0 aliphatic carbocycles. The molecular weight excluding hydrogens is 270 g/mol. The lowest BCUT2D eigenvalue weighted by atomic mass is 10.2. The number of rotatable bonds is 5. The van der Waals surface area contributed by atoms with Crippen LogP contribution in [0.1, 0.15) is 44.9 Å². The van der Waals surface area contributed by atoms with E-state index in [-0.39, 0.29) is 11.6 Å². The second-order valence-electron chi connectivity index (χ2n) is 4.80. The second-order valence-corrected chi connectivity index (χ2v) is 4.80. The van der Waals surface area contributed by atoms with Crippen molar-refractivity contribution in [3.8, 4) is 0 Å². The number of nitrogens with one attached hydrogen (secondary N) is 2. The molecule has 0 spiro atoms. The van der Waals surface area contributed by atoms with Gasteiger partial charge in [-0.25, -0.2) is 0 Å². The molecule has 4 N–H and O–H groups in total. The Hall–Kier alpha value is -2.57. The number of nitrogens with two attached hydrogens (primary N) is 1. The number of carbonyl (C=O) groups is 2. The van der Waals surface area contributed by atoms with Crippen LogP contribution in [0, 0.1) is 13.8 Å². The number of hydrogen-bond acceptors (Lipinski definition) is 3. The minimum Gasteiger partial charge on any atom is -0.364 e.